The van der Waals surface area contributed by atoms with Crippen LogP contribution in [0.15, 0.2) is 24.3 Å². The number of nitrogens with one attached hydrogen (secondary N) is 1. The van der Waals surface area contributed by atoms with Crippen LogP contribution in [0.2, 0.25) is 0 Å². The molecule has 4 heteroatoms. The minimum absolute atomic E-state index is 0.0570. The maximum absolute atomic E-state index is 9.85. The van der Waals surface area contributed by atoms with Gasteiger partial charge in [0.05, 0.1) is 5.60 Å². The van der Waals surface area contributed by atoms with Crippen molar-refractivity contribution in [3.8, 4) is 11.8 Å². The molecule has 0 radical (unpaired) electrons. The van der Waals surface area contributed by atoms with Gasteiger partial charge in [0.2, 0.25) is 0 Å². The monoisotopic (exact) mass is 248 g/mol. The van der Waals surface area contributed by atoms with Crippen molar-refractivity contribution >= 4 is 0 Å². The molecular formula is C14H20N2O2. The number of nitrogens with zero attached hydrogens (tertiary/aromatic N) is 1. The van der Waals surface area contributed by atoms with Crippen molar-refractivity contribution in [1.82, 2.24) is 5.32 Å². The highest BCUT2D eigenvalue weighted by Gasteiger charge is 2.16. The summed E-state index contributed by atoms with van der Waals surface area (Å²) < 4.78 is 5.23. The summed E-state index contributed by atoms with van der Waals surface area (Å²) in [5, 5.41) is 21.5. The molecule has 0 saturated carbocycles. The lowest BCUT2D eigenvalue weighted by Crippen LogP contribution is -2.36. The van der Waals surface area contributed by atoms with E-state index in [1.807, 2.05) is 44.2 Å². The van der Waals surface area contributed by atoms with Gasteiger partial charge >= 0.3 is 0 Å². The Balaban J connectivity index is 2.45. The molecule has 0 aromatic heterocycles. The van der Waals surface area contributed by atoms with E-state index in [-0.39, 0.29) is 6.61 Å². The molecule has 0 bridgehead atoms. The number of benzene rings is 1. The SMILES string of the molecule is CCC(C)(O)CNCc1cccc(OCC#N)c1. The Morgan fingerprint density at radius 2 is 2.28 bits per heavy atom. The lowest BCUT2D eigenvalue weighted by molar-refractivity contribution is 0.0555. The highest BCUT2D eigenvalue weighted by Crippen LogP contribution is 2.13. The normalized spacial score (nSPS) is 13.7. The molecular weight excluding hydrogens is 228 g/mol. The second kappa shape index (κ2) is 7.00. The van der Waals surface area contributed by atoms with Gasteiger partial charge in [-0.15, -0.1) is 0 Å². The lowest BCUT2D eigenvalue weighted by Gasteiger charge is -2.21. The summed E-state index contributed by atoms with van der Waals surface area (Å²) in [6, 6.07) is 9.52. The summed E-state index contributed by atoms with van der Waals surface area (Å²) in [5.74, 6) is 0.693. The number of nitriles is 1. The van der Waals surface area contributed by atoms with E-state index in [1.54, 1.807) is 0 Å². The average molecular weight is 248 g/mol. The van der Waals surface area contributed by atoms with Crippen LogP contribution in [0.1, 0.15) is 25.8 Å². The molecule has 0 saturated heterocycles. The van der Waals surface area contributed by atoms with E-state index < -0.39 is 5.60 Å². The predicted molar refractivity (Wildman–Crippen MR) is 70.2 cm³/mol. The molecule has 1 rings (SSSR count). The third kappa shape index (κ3) is 5.17. The Kier molecular flexibility index (Phi) is 5.63. The molecule has 98 valence electrons. The fourth-order valence-corrected chi connectivity index (χ4v) is 1.46. The van der Waals surface area contributed by atoms with Gasteiger partial charge in [-0.25, -0.2) is 0 Å². The molecule has 0 aliphatic heterocycles. The maximum atomic E-state index is 9.85. The van der Waals surface area contributed by atoms with Gasteiger partial charge < -0.3 is 15.2 Å². The standard InChI is InChI=1S/C14H20N2O2/c1-3-14(2,17)11-16-10-12-5-4-6-13(9-12)18-8-7-15/h4-6,9,16-17H,3,8,10-11H2,1-2H3. The quantitative estimate of drug-likeness (QED) is 0.772. The van der Waals surface area contributed by atoms with Gasteiger partial charge in [0.25, 0.3) is 0 Å². The van der Waals surface area contributed by atoms with Gasteiger partial charge in [-0.05, 0) is 31.0 Å². The average Bonchev–Trinajstić information content (AvgIpc) is 2.37. The first kappa shape index (κ1) is 14.5. The zero-order valence-electron chi connectivity index (χ0n) is 10.9. The summed E-state index contributed by atoms with van der Waals surface area (Å²) in [6.45, 7) is 5.04. The minimum Gasteiger partial charge on any atom is -0.479 e. The minimum atomic E-state index is -0.672. The van der Waals surface area contributed by atoms with Crippen LogP contribution >= 0.6 is 0 Å². The Bertz CT molecular complexity index is 411. The van der Waals surface area contributed by atoms with E-state index in [9.17, 15) is 5.11 Å². The predicted octanol–water partition coefficient (Wildman–Crippen LogP) is 1.84. The second-order valence-electron chi connectivity index (χ2n) is 4.55. The van der Waals surface area contributed by atoms with Crippen molar-refractivity contribution in [2.24, 2.45) is 0 Å². The van der Waals surface area contributed by atoms with E-state index in [2.05, 4.69) is 5.32 Å². The molecule has 0 fully saturated rings. The summed E-state index contributed by atoms with van der Waals surface area (Å²) in [4.78, 5) is 0. The first-order valence-electron chi connectivity index (χ1n) is 6.09. The van der Waals surface area contributed by atoms with Crippen molar-refractivity contribution < 1.29 is 9.84 Å². The fraction of sp³-hybridized carbons (Fsp3) is 0.500. The molecule has 0 aliphatic rings. The Hall–Kier alpha value is -1.57. The van der Waals surface area contributed by atoms with Gasteiger partial charge in [-0.2, -0.15) is 5.26 Å². The van der Waals surface area contributed by atoms with E-state index >= 15 is 0 Å². The van der Waals surface area contributed by atoms with E-state index in [0.717, 1.165) is 5.56 Å². The van der Waals surface area contributed by atoms with Gasteiger partial charge in [0.1, 0.15) is 11.8 Å². The van der Waals surface area contributed by atoms with Crippen LogP contribution in [-0.4, -0.2) is 23.9 Å². The molecule has 1 atom stereocenters. The molecule has 1 aromatic carbocycles. The zero-order valence-corrected chi connectivity index (χ0v) is 10.9. The van der Waals surface area contributed by atoms with Gasteiger partial charge in [0, 0.05) is 13.1 Å². The summed E-state index contributed by atoms with van der Waals surface area (Å²) in [7, 11) is 0. The van der Waals surface area contributed by atoms with E-state index in [4.69, 9.17) is 10.00 Å². The van der Waals surface area contributed by atoms with Crippen LogP contribution in [0, 0.1) is 11.3 Å². The molecule has 0 spiro atoms. The summed E-state index contributed by atoms with van der Waals surface area (Å²) in [5.41, 5.74) is 0.395. The highest BCUT2D eigenvalue weighted by molar-refractivity contribution is 5.28. The van der Waals surface area contributed by atoms with Gasteiger partial charge in [-0.3, -0.25) is 0 Å². The first-order chi connectivity index (χ1) is 8.57. The maximum Gasteiger partial charge on any atom is 0.174 e. The lowest BCUT2D eigenvalue weighted by atomic mass is 10.0. The van der Waals surface area contributed by atoms with Crippen molar-refractivity contribution in [2.45, 2.75) is 32.4 Å². The zero-order chi connectivity index (χ0) is 13.4. The Morgan fingerprint density at radius 3 is 2.94 bits per heavy atom. The molecule has 1 unspecified atom stereocenters. The number of aliphatic hydroxyl groups is 1. The van der Waals surface area contributed by atoms with E-state index in [0.29, 0.717) is 25.3 Å². The highest BCUT2D eigenvalue weighted by atomic mass is 16.5. The summed E-state index contributed by atoms with van der Waals surface area (Å²) >= 11 is 0. The number of ether oxygens (including phenoxy) is 1. The number of rotatable bonds is 7. The van der Waals surface area contributed by atoms with E-state index in [1.165, 1.54) is 0 Å². The Labute approximate surface area is 108 Å². The molecule has 4 nitrogen and oxygen atoms in total. The van der Waals surface area contributed by atoms with Gasteiger partial charge in [0.15, 0.2) is 6.61 Å². The Morgan fingerprint density at radius 1 is 1.50 bits per heavy atom. The summed E-state index contributed by atoms with van der Waals surface area (Å²) in [6.07, 6.45) is 0.714. The number of hydrogen-bond acceptors (Lipinski definition) is 4. The molecule has 0 aliphatic carbocycles. The van der Waals surface area contributed by atoms with Crippen LogP contribution in [0.3, 0.4) is 0 Å². The van der Waals surface area contributed by atoms with Crippen LogP contribution in [0.4, 0.5) is 0 Å². The third-order valence-electron chi connectivity index (χ3n) is 2.80. The second-order valence-corrected chi connectivity index (χ2v) is 4.55. The molecule has 18 heavy (non-hydrogen) atoms. The fourth-order valence-electron chi connectivity index (χ4n) is 1.46. The van der Waals surface area contributed by atoms with Crippen molar-refractivity contribution in [3.63, 3.8) is 0 Å². The third-order valence-corrected chi connectivity index (χ3v) is 2.80. The van der Waals surface area contributed by atoms with Crippen molar-refractivity contribution in [3.05, 3.63) is 29.8 Å². The van der Waals surface area contributed by atoms with Crippen LogP contribution in [0.25, 0.3) is 0 Å². The van der Waals surface area contributed by atoms with Gasteiger partial charge in [-0.1, -0.05) is 19.1 Å². The molecule has 0 amide bonds. The molecule has 2 N–H and O–H groups in total. The number of hydrogen-bond donors (Lipinski definition) is 2. The topological polar surface area (TPSA) is 65.3 Å². The van der Waals surface area contributed by atoms with Crippen molar-refractivity contribution in [2.75, 3.05) is 13.2 Å². The smallest absolute Gasteiger partial charge is 0.174 e. The van der Waals surface area contributed by atoms with Crippen LogP contribution < -0.4 is 10.1 Å². The first-order valence-corrected chi connectivity index (χ1v) is 6.09. The van der Waals surface area contributed by atoms with Crippen LogP contribution in [-0.2, 0) is 6.54 Å². The largest absolute Gasteiger partial charge is 0.479 e. The molecule has 1 aromatic rings. The molecule has 0 heterocycles. The van der Waals surface area contributed by atoms with Crippen LogP contribution in [0.5, 0.6) is 5.75 Å². The van der Waals surface area contributed by atoms with Crippen molar-refractivity contribution in [1.29, 1.82) is 5.26 Å².